The van der Waals surface area contributed by atoms with Crippen molar-refractivity contribution in [1.82, 2.24) is 9.73 Å². The third-order valence-electron chi connectivity index (χ3n) is 5.71. The molecule has 7 nitrogen and oxygen atoms in total. The largest absolute Gasteiger partial charge is 0.496 e. The van der Waals surface area contributed by atoms with Crippen molar-refractivity contribution in [3.05, 3.63) is 95.1 Å². The van der Waals surface area contributed by atoms with E-state index in [9.17, 15) is 13.2 Å². The number of amides is 1. The molecule has 8 heteroatoms. The highest BCUT2D eigenvalue weighted by Crippen LogP contribution is 2.25. The first kappa shape index (κ1) is 27.1. The van der Waals surface area contributed by atoms with Crippen molar-refractivity contribution >= 4 is 22.1 Å². The normalized spacial score (nSPS) is 12.2. The highest BCUT2D eigenvalue weighted by molar-refractivity contribution is 7.89. The monoisotopic (exact) mass is 507 g/mol. The number of nitrogens with zero attached hydrogens (tertiary/aromatic N) is 2. The third kappa shape index (κ3) is 7.02. The summed E-state index contributed by atoms with van der Waals surface area (Å²) in [5.74, 6) is 0.0495. The van der Waals surface area contributed by atoms with Crippen LogP contribution < -0.4 is 10.2 Å². The maximum Gasteiger partial charge on any atom is 0.255 e. The first-order valence-electron chi connectivity index (χ1n) is 11.6. The van der Waals surface area contributed by atoms with Gasteiger partial charge in [-0.3, -0.25) is 4.79 Å². The molecule has 0 saturated carbocycles. The number of sulfonamides is 1. The van der Waals surface area contributed by atoms with Crippen LogP contribution in [0.25, 0.3) is 0 Å². The highest BCUT2D eigenvalue weighted by atomic mass is 32.2. The average Bonchev–Trinajstić information content (AvgIpc) is 2.84. The van der Waals surface area contributed by atoms with Crippen molar-refractivity contribution in [1.29, 1.82) is 0 Å². The second-order valence-corrected chi connectivity index (χ2v) is 11.5. The maximum absolute atomic E-state index is 13.5. The van der Waals surface area contributed by atoms with Crippen molar-refractivity contribution < 1.29 is 17.9 Å². The number of hydrogen-bond acceptors (Lipinski definition) is 5. The molecule has 0 aliphatic rings. The lowest BCUT2D eigenvalue weighted by Gasteiger charge is -2.22. The van der Waals surface area contributed by atoms with Gasteiger partial charge in [0.2, 0.25) is 10.0 Å². The maximum atomic E-state index is 13.5. The quantitative estimate of drug-likeness (QED) is 0.338. The molecule has 0 aromatic heterocycles. The Bertz CT molecular complexity index is 1310. The molecule has 1 amide bonds. The zero-order valence-corrected chi connectivity index (χ0v) is 22.2. The van der Waals surface area contributed by atoms with Gasteiger partial charge >= 0.3 is 0 Å². The summed E-state index contributed by atoms with van der Waals surface area (Å²) in [6.45, 7) is 7.84. The third-order valence-corrected chi connectivity index (χ3v) is 7.49. The second kappa shape index (κ2) is 11.5. The number of rotatable bonds is 9. The minimum absolute atomic E-state index is 0.0413. The van der Waals surface area contributed by atoms with Crippen LogP contribution in [0, 0.1) is 6.92 Å². The molecule has 0 fully saturated rings. The van der Waals surface area contributed by atoms with Crippen LogP contribution in [0.4, 0.5) is 0 Å². The molecule has 0 aliphatic carbocycles. The first-order valence-corrected chi connectivity index (χ1v) is 13.1. The van der Waals surface area contributed by atoms with Gasteiger partial charge in [-0.2, -0.15) is 9.41 Å². The van der Waals surface area contributed by atoms with E-state index in [2.05, 4.69) is 31.3 Å². The Hall–Kier alpha value is -3.49. The van der Waals surface area contributed by atoms with Crippen molar-refractivity contribution in [3.8, 4) is 5.75 Å². The zero-order valence-electron chi connectivity index (χ0n) is 21.4. The van der Waals surface area contributed by atoms with Crippen LogP contribution in [0.15, 0.2) is 82.8 Å². The number of nitrogens with one attached hydrogen (secondary N) is 1. The summed E-state index contributed by atoms with van der Waals surface area (Å²) in [5.41, 5.74) is 5.96. The van der Waals surface area contributed by atoms with Crippen molar-refractivity contribution in [2.45, 2.75) is 44.6 Å². The summed E-state index contributed by atoms with van der Waals surface area (Å²) in [6, 6.07) is 21.7. The van der Waals surface area contributed by atoms with Crippen molar-refractivity contribution in [2.24, 2.45) is 5.10 Å². The van der Waals surface area contributed by atoms with Crippen LogP contribution in [0.1, 0.15) is 43.0 Å². The van der Waals surface area contributed by atoms with Gasteiger partial charge in [0.15, 0.2) is 0 Å². The molecular weight excluding hydrogens is 474 g/mol. The average molecular weight is 508 g/mol. The number of carbonyl (C=O) groups excluding carboxylic acids is 1. The number of aryl methyl sites for hydroxylation is 1. The van der Waals surface area contributed by atoms with Gasteiger partial charge in [-0.25, -0.2) is 13.8 Å². The smallest absolute Gasteiger partial charge is 0.255 e. The van der Waals surface area contributed by atoms with Gasteiger partial charge in [0.25, 0.3) is 5.91 Å². The lowest BCUT2D eigenvalue weighted by molar-refractivity contribution is -0.121. The van der Waals surface area contributed by atoms with E-state index >= 15 is 0 Å². The summed E-state index contributed by atoms with van der Waals surface area (Å²) in [5, 5.41) is 4.02. The van der Waals surface area contributed by atoms with Gasteiger partial charge in [-0.05, 0) is 52.8 Å². The number of hydrogen-bond donors (Lipinski definition) is 1. The van der Waals surface area contributed by atoms with Gasteiger partial charge in [-0.15, -0.1) is 0 Å². The van der Waals surface area contributed by atoms with E-state index in [1.54, 1.807) is 19.1 Å². The molecule has 3 aromatic carbocycles. The van der Waals surface area contributed by atoms with Gasteiger partial charge in [0.1, 0.15) is 5.75 Å². The number of benzene rings is 3. The molecule has 1 N–H and O–H groups in total. The highest BCUT2D eigenvalue weighted by Gasteiger charge is 2.27. The van der Waals surface area contributed by atoms with Crippen LogP contribution in [0.2, 0.25) is 0 Å². The molecule has 0 radical (unpaired) electrons. The van der Waals surface area contributed by atoms with E-state index in [0.717, 1.165) is 15.4 Å². The SMILES string of the molecule is COc1ccc(S(=O)(=O)N(CC(=O)N/N=C/c2ccc(C(C)(C)C)cc2)Cc2ccccc2)cc1C. The minimum Gasteiger partial charge on any atom is -0.496 e. The topological polar surface area (TPSA) is 88.1 Å². The Labute approximate surface area is 213 Å². The van der Waals surface area contributed by atoms with Crippen LogP contribution in [0.5, 0.6) is 5.75 Å². The van der Waals surface area contributed by atoms with Gasteiger partial charge in [0.05, 0.1) is 24.8 Å². The molecule has 3 rings (SSSR count). The Balaban J connectivity index is 1.77. The van der Waals surface area contributed by atoms with E-state index in [4.69, 9.17) is 4.74 Å². The molecule has 0 spiro atoms. The number of methoxy groups -OCH3 is 1. The van der Waals surface area contributed by atoms with Gasteiger partial charge in [-0.1, -0.05) is 75.4 Å². The fourth-order valence-electron chi connectivity index (χ4n) is 3.62. The summed E-state index contributed by atoms with van der Waals surface area (Å²) < 4.78 is 33.4. The summed E-state index contributed by atoms with van der Waals surface area (Å²) in [7, 11) is -2.44. The summed E-state index contributed by atoms with van der Waals surface area (Å²) >= 11 is 0. The van der Waals surface area contributed by atoms with Crippen LogP contribution in [0.3, 0.4) is 0 Å². The summed E-state index contributed by atoms with van der Waals surface area (Å²) in [6.07, 6.45) is 1.53. The van der Waals surface area contributed by atoms with E-state index in [0.29, 0.717) is 11.3 Å². The lowest BCUT2D eigenvalue weighted by atomic mass is 9.87. The number of carbonyl (C=O) groups is 1. The zero-order chi connectivity index (χ0) is 26.3. The standard InChI is InChI=1S/C28H33N3O4S/c1-21-17-25(15-16-26(21)35-5)36(33,34)31(19-23-9-7-6-8-10-23)20-27(32)30-29-18-22-11-13-24(14-12-22)28(2,3)4/h6-18H,19-20H2,1-5H3,(H,30,32)/b29-18+. The predicted octanol–water partition coefficient (Wildman–Crippen LogP) is 4.64. The number of ether oxygens (including phenoxy) is 1. The summed E-state index contributed by atoms with van der Waals surface area (Å²) in [4.78, 5) is 12.8. The Morgan fingerprint density at radius 2 is 1.69 bits per heavy atom. The fourth-order valence-corrected chi connectivity index (χ4v) is 5.09. The minimum atomic E-state index is -3.97. The van der Waals surface area contributed by atoms with E-state index in [1.165, 1.54) is 25.0 Å². The van der Waals surface area contributed by atoms with Crippen molar-refractivity contribution in [2.75, 3.05) is 13.7 Å². The molecule has 0 atom stereocenters. The van der Waals surface area contributed by atoms with E-state index in [-0.39, 0.29) is 23.4 Å². The van der Waals surface area contributed by atoms with Gasteiger partial charge in [0, 0.05) is 6.54 Å². The van der Waals surface area contributed by atoms with Gasteiger partial charge < -0.3 is 4.74 Å². The first-order chi connectivity index (χ1) is 17.0. The van der Waals surface area contributed by atoms with Crippen molar-refractivity contribution in [3.63, 3.8) is 0 Å². The Morgan fingerprint density at radius 3 is 2.28 bits per heavy atom. The molecule has 36 heavy (non-hydrogen) atoms. The lowest BCUT2D eigenvalue weighted by Crippen LogP contribution is -2.39. The molecule has 3 aromatic rings. The molecule has 190 valence electrons. The van der Waals surface area contributed by atoms with E-state index in [1.807, 2.05) is 54.6 Å². The molecule has 0 unspecified atom stereocenters. The van der Waals surface area contributed by atoms with Crippen LogP contribution in [-0.4, -0.2) is 38.5 Å². The fraction of sp³-hybridized carbons (Fsp3) is 0.286. The molecule has 0 aliphatic heterocycles. The predicted molar refractivity (Wildman–Crippen MR) is 143 cm³/mol. The molecular formula is C28H33N3O4S. The van der Waals surface area contributed by atoms with E-state index < -0.39 is 15.9 Å². The molecule has 0 bridgehead atoms. The van der Waals surface area contributed by atoms with Crippen LogP contribution >= 0.6 is 0 Å². The molecule has 0 heterocycles. The van der Waals surface area contributed by atoms with Crippen LogP contribution in [-0.2, 0) is 26.8 Å². The Morgan fingerprint density at radius 1 is 1.03 bits per heavy atom. The number of hydrazone groups is 1. The second-order valence-electron chi connectivity index (χ2n) is 9.56. The molecule has 0 saturated heterocycles. The Kier molecular flexibility index (Phi) is 8.66.